The first-order valence-electron chi connectivity index (χ1n) is 12.5. The predicted octanol–water partition coefficient (Wildman–Crippen LogP) is 3.49. The van der Waals surface area contributed by atoms with Crippen molar-refractivity contribution >= 4 is 45.6 Å². The van der Waals surface area contributed by atoms with Gasteiger partial charge >= 0.3 is 0 Å². The SMILES string of the molecule is CN1CCN(C(=O)Cc2cccc(C=Cc3cc4c(ccc5c6c([nH]c54)CCNC6=O)cn3)c2)CC1. The number of nitrogens with one attached hydrogen (secondary N) is 2. The number of piperazine rings is 1. The molecule has 7 heteroatoms. The van der Waals surface area contributed by atoms with E-state index in [-0.39, 0.29) is 11.8 Å². The standard InChI is InChI=1S/C29H29N5O2/c1-33-11-13-34(14-12-33)26(35)16-20-4-2-3-19(15-20)5-7-22-17-24-21(18-31-22)6-8-23-27-25(32-28(23)24)9-10-30-29(27)36/h2-8,15,17-18,32H,9-14,16H2,1H3,(H,30,36). The van der Waals surface area contributed by atoms with Crippen molar-refractivity contribution in [1.29, 1.82) is 0 Å². The molecular formula is C29H29N5O2. The highest BCUT2D eigenvalue weighted by Gasteiger charge is 2.23. The third kappa shape index (κ3) is 4.27. The Labute approximate surface area is 209 Å². The van der Waals surface area contributed by atoms with E-state index < -0.39 is 0 Å². The smallest absolute Gasteiger partial charge is 0.253 e. The second-order valence-corrected chi connectivity index (χ2v) is 9.74. The van der Waals surface area contributed by atoms with Crippen molar-refractivity contribution < 1.29 is 9.59 Å². The average molecular weight is 480 g/mol. The molecule has 0 bridgehead atoms. The maximum absolute atomic E-state index is 12.7. The van der Waals surface area contributed by atoms with E-state index in [1.807, 2.05) is 53.6 Å². The van der Waals surface area contributed by atoms with Gasteiger partial charge < -0.3 is 20.1 Å². The molecule has 1 fully saturated rings. The summed E-state index contributed by atoms with van der Waals surface area (Å²) in [5, 5.41) is 5.98. The van der Waals surface area contributed by atoms with Crippen molar-refractivity contribution in [2.45, 2.75) is 12.8 Å². The maximum atomic E-state index is 12.7. The zero-order valence-corrected chi connectivity index (χ0v) is 20.4. The highest BCUT2D eigenvalue weighted by atomic mass is 16.2. The Morgan fingerprint density at radius 2 is 1.92 bits per heavy atom. The van der Waals surface area contributed by atoms with Crippen molar-refractivity contribution in [3.63, 3.8) is 0 Å². The minimum Gasteiger partial charge on any atom is -0.357 e. The number of carbonyl (C=O) groups is 2. The van der Waals surface area contributed by atoms with Gasteiger partial charge in [-0.05, 0) is 30.3 Å². The number of carbonyl (C=O) groups excluding carboxylic acids is 2. The molecule has 2 N–H and O–H groups in total. The second-order valence-electron chi connectivity index (χ2n) is 9.74. The normalized spacial score (nSPS) is 16.6. The molecule has 0 aliphatic carbocycles. The van der Waals surface area contributed by atoms with Gasteiger partial charge in [0.25, 0.3) is 5.91 Å². The number of amides is 2. The fourth-order valence-electron chi connectivity index (χ4n) is 5.21. The first kappa shape index (κ1) is 22.5. The number of fused-ring (bicyclic) bond motifs is 5. The Kier molecular flexibility index (Phi) is 5.77. The van der Waals surface area contributed by atoms with Crippen molar-refractivity contribution in [3.05, 3.63) is 76.7 Å². The maximum Gasteiger partial charge on any atom is 0.253 e. The lowest BCUT2D eigenvalue weighted by atomic mass is 10.0. The number of likely N-dealkylation sites (N-methyl/N-ethyl adjacent to an activating group) is 1. The van der Waals surface area contributed by atoms with Crippen LogP contribution in [0.4, 0.5) is 0 Å². The summed E-state index contributed by atoms with van der Waals surface area (Å²) in [6.45, 7) is 4.11. The van der Waals surface area contributed by atoms with Crippen molar-refractivity contribution in [1.82, 2.24) is 25.1 Å². The van der Waals surface area contributed by atoms with Crippen LogP contribution in [0.3, 0.4) is 0 Å². The summed E-state index contributed by atoms with van der Waals surface area (Å²) in [6.07, 6.45) is 7.13. The van der Waals surface area contributed by atoms with E-state index in [1.54, 1.807) is 0 Å². The van der Waals surface area contributed by atoms with Gasteiger partial charge in [-0.15, -0.1) is 0 Å². The Morgan fingerprint density at radius 1 is 1.06 bits per heavy atom. The number of aromatic nitrogens is 2. The molecule has 2 amide bonds. The molecule has 0 saturated carbocycles. The van der Waals surface area contributed by atoms with Crippen LogP contribution < -0.4 is 5.32 Å². The zero-order chi connectivity index (χ0) is 24.6. The fourth-order valence-corrected chi connectivity index (χ4v) is 5.21. The Balaban J connectivity index is 1.24. The van der Waals surface area contributed by atoms with Crippen molar-refractivity contribution in [3.8, 4) is 0 Å². The molecule has 7 nitrogen and oxygen atoms in total. The number of hydrogen-bond donors (Lipinski definition) is 2. The fraction of sp³-hybridized carbons (Fsp3) is 0.276. The molecule has 4 aromatic rings. The third-order valence-electron chi connectivity index (χ3n) is 7.27. The van der Waals surface area contributed by atoms with Crippen LogP contribution in [-0.2, 0) is 17.6 Å². The van der Waals surface area contributed by atoms with Gasteiger partial charge in [0.2, 0.25) is 5.91 Å². The van der Waals surface area contributed by atoms with E-state index in [4.69, 9.17) is 0 Å². The summed E-state index contributed by atoms with van der Waals surface area (Å²) >= 11 is 0. The van der Waals surface area contributed by atoms with Crippen molar-refractivity contribution in [2.24, 2.45) is 0 Å². The molecule has 0 spiro atoms. The third-order valence-corrected chi connectivity index (χ3v) is 7.27. The van der Waals surface area contributed by atoms with E-state index in [9.17, 15) is 9.59 Å². The first-order chi connectivity index (χ1) is 17.5. The first-order valence-corrected chi connectivity index (χ1v) is 12.5. The van der Waals surface area contributed by atoms with Crippen LogP contribution in [0, 0.1) is 0 Å². The molecule has 6 rings (SSSR count). The van der Waals surface area contributed by atoms with Gasteiger partial charge in [-0.2, -0.15) is 0 Å². The van der Waals surface area contributed by atoms with Gasteiger partial charge in [0.05, 0.1) is 23.2 Å². The minimum absolute atomic E-state index is 0.0120. The predicted molar refractivity (Wildman–Crippen MR) is 143 cm³/mol. The quantitative estimate of drug-likeness (QED) is 0.470. The number of aromatic amines is 1. The molecule has 4 heterocycles. The van der Waals surface area contributed by atoms with Crippen LogP contribution in [0.25, 0.3) is 33.8 Å². The molecule has 1 saturated heterocycles. The van der Waals surface area contributed by atoms with Crippen LogP contribution in [0.1, 0.15) is 32.9 Å². The highest BCUT2D eigenvalue weighted by Crippen LogP contribution is 2.31. The van der Waals surface area contributed by atoms with Gasteiger partial charge in [0.15, 0.2) is 0 Å². The molecular weight excluding hydrogens is 450 g/mol. The number of H-pyrrole nitrogens is 1. The van der Waals surface area contributed by atoms with E-state index in [1.165, 1.54) is 0 Å². The van der Waals surface area contributed by atoms with Gasteiger partial charge in [-0.25, -0.2) is 0 Å². The van der Waals surface area contributed by atoms with Crippen LogP contribution in [0.2, 0.25) is 0 Å². The number of hydrogen-bond acceptors (Lipinski definition) is 4. The van der Waals surface area contributed by atoms with Crippen LogP contribution in [0.5, 0.6) is 0 Å². The van der Waals surface area contributed by atoms with Crippen LogP contribution in [-0.4, -0.2) is 71.4 Å². The van der Waals surface area contributed by atoms with Crippen molar-refractivity contribution in [2.75, 3.05) is 39.8 Å². The molecule has 36 heavy (non-hydrogen) atoms. The Bertz CT molecular complexity index is 1510. The number of benzene rings is 2. The van der Waals surface area contributed by atoms with E-state index in [0.29, 0.717) is 13.0 Å². The summed E-state index contributed by atoms with van der Waals surface area (Å²) in [5.74, 6) is 0.175. The van der Waals surface area contributed by atoms with E-state index in [2.05, 4.69) is 39.4 Å². The zero-order valence-electron chi connectivity index (χ0n) is 20.4. The van der Waals surface area contributed by atoms with E-state index in [0.717, 1.165) is 82.4 Å². The highest BCUT2D eigenvalue weighted by molar-refractivity contribution is 6.15. The summed E-state index contributed by atoms with van der Waals surface area (Å²) in [5.41, 5.74) is 5.63. The van der Waals surface area contributed by atoms with Gasteiger partial charge in [-0.3, -0.25) is 14.6 Å². The van der Waals surface area contributed by atoms with Crippen LogP contribution >= 0.6 is 0 Å². The molecule has 0 unspecified atom stereocenters. The Hall–Kier alpha value is -3.97. The summed E-state index contributed by atoms with van der Waals surface area (Å²) in [4.78, 5) is 37.5. The lowest BCUT2D eigenvalue weighted by Gasteiger charge is -2.32. The average Bonchev–Trinajstić information content (AvgIpc) is 3.28. The van der Waals surface area contributed by atoms with E-state index >= 15 is 0 Å². The molecule has 2 aliphatic rings. The Morgan fingerprint density at radius 3 is 2.78 bits per heavy atom. The molecule has 0 radical (unpaired) electrons. The van der Waals surface area contributed by atoms with Crippen LogP contribution in [0.15, 0.2) is 48.7 Å². The number of nitrogens with zero attached hydrogens (tertiary/aromatic N) is 3. The molecule has 2 aliphatic heterocycles. The van der Waals surface area contributed by atoms with Gasteiger partial charge in [0, 0.05) is 67.2 Å². The van der Waals surface area contributed by atoms with Gasteiger partial charge in [0.1, 0.15) is 0 Å². The topological polar surface area (TPSA) is 81.3 Å². The second kappa shape index (κ2) is 9.24. The number of rotatable bonds is 4. The monoisotopic (exact) mass is 479 g/mol. The summed E-state index contributed by atoms with van der Waals surface area (Å²) in [6, 6.07) is 14.2. The molecule has 182 valence electrons. The minimum atomic E-state index is -0.0120. The molecule has 0 atom stereocenters. The van der Waals surface area contributed by atoms with Gasteiger partial charge in [-0.1, -0.05) is 42.5 Å². The molecule has 2 aromatic carbocycles. The molecule has 2 aromatic heterocycles. The summed E-state index contributed by atoms with van der Waals surface area (Å²) < 4.78 is 0. The number of pyridine rings is 1. The lowest BCUT2D eigenvalue weighted by Crippen LogP contribution is -2.47. The summed E-state index contributed by atoms with van der Waals surface area (Å²) in [7, 11) is 2.09. The largest absolute Gasteiger partial charge is 0.357 e. The lowest BCUT2D eigenvalue weighted by molar-refractivity contribution is -0.132.